The van der Waals surface area contributed by atoms with Crippen LogP contribution in [-0.2, 0) is 23.0 Å². The number of methoxy groups -OCH3 is 1. The Morgan fingerprint density at radius 2 is 1.98 bits per heavy atom. The van der Waals surface area contributed by atoms with E-state index < -0.39 is 0 Å². The first-order valence-electron chi connectivity index (χ1n) is 13.8. The largest absolute Gasteiger partial charge is 0.464 e. The summed E-state index contributed by atoms with van der Waals surface area (Å²) in [6, 6.07) is 18.5. The molecule has 0 radical (unpaired) electrons. The number of rotatable bonds is 10. The van der Waals surface area contributed by atoms with Crippen LogP contribution in [0.25, 0.3) is 27.9 Å². The van der Waals surface area contributed by atoms with Gasteiger partial charge in [0.05, 0.1) is 36.1 Å². The smallest absolute Gasteiger partial charge is 0.139 e. The lowest BCUT2D eigenvalue weighted by atomic mass is 9.84. The van der Waals surface area contributed by atoms with Crippen LogP contribution in [0.3, 0.4) is 0 Å². The fraction of sp³-hybridized carbons (Fsp3) is 0.344. The van der Waals surface area contributed by atoms with Crippen molar-refractivity contribution in [1.29, 1.82) is 0 Å². The van der Waals surface area contributed by atoms with Gasteiger partial charge < -0.3 is 14.1 Å². The van der Waals surface area contributed by atoms with Crippen molar-refractivity contribution in [2.75, 3.05) is 33.4 Å². The average molecular weight is 538 g/mol. The van der Waals surface area contributed by atoms with E-state index in [0.717, 1.165) is 58.8 Å². The maximum Gasteiger partial charge on any atom is 0.139 e. The summed E-state index contributed by atoms with van der Waals surface area (Å²) < 4.78 is 14.6. The summed E-state index contributed by atoms with van der Waals surface area (Å²) in [5.74, 6) is 0.719. The lowest BCUT2D eigenvalue weighted by Gasteiger charge is -2.19. The number of ketones is 1. The van der Waals surface area contributed by atoms with Gasteiger partial charge in [-0.1, -0.05) is 24.3 Å². The van der Waals surface area contributed by atoms with Crippen LogP contribution in [0.15, 0.2) is 77.7 Å². The van der Waals surface area contributed by atoms with E-state index in [0.29, 0.717) is 19.4 Å². The van der Waals surface area contributed by atoms with Gasteiger partial charge >= 0.3 is 0 Å². The second kappa shape index (κ2) is 11.2. The molecule has 0 aliphatic carbocycles. The number of hydrogen-bond donors (Lipinski definition) is 0. The van der Waals surface area contributed by atoms with Crippen molar-refractivity contribution in [3.05, 3.63) is 90.1 Å². The van der Waals surface area contributed by atoms with Gasteiger partial charge in [0.1, 0.15) is 11.4 Å². The second-order valence-corrected chi connectivity index (χ2v) is 10.8. The van der Waals surface area contributed by atoms with Crippen LogP contribution < -0.4 is 0 Å². The quantitative estimate of drug-likeness (QED) is 0.244. The monoisotopic (exact) mass is 537 g/mol. The number of aryl methyl sites for hydroxylation is 1. The van der Waals surface area contributed by atoms with Gasteiger partial charge in [0, 0.05) is 69.7 Å². The predicted octanol–water partition coefficient (Wildman–Crippen LogP) is 5.19. The number of Topliss-reactive ketones (excluding diaryl/α,β-unsaturated/α-hetero) is 1. The lowest BCUT2D eigenvalue weighted by molar-refractivity contribution is -0.119. The fourth-order valence-electron chi connectivity index (χ4n) is 6.05. The van der Waals surface area contributed by atoms with Crippen molar-refractivity contribution in [1.82, 2.24) is 24.5 Å². The number of fused-ring (bicyclic) bond motifs is 1. The maximum absolute atomic E-state index is 13.8. The minimum absolute atomic E-state index is 0.222. The summed E-state index contributed by atoms with van der Waals surface area (Å²) in [6.07, 6.45) is 6.36. The molecule has 3 aromatic heterocycles. The molecule has 0 saturated carbocycles. The number of para-hydroxylation sites is 1. The third kappa shape index (κ3) is 5.24. The van der Waals surface area contributed by atoms with Crippen molar-refractivity contribution in [2.45, 2.75) is 25.7 Å². The standard InChI is InChI=1S/C32H35N5O3/c1-22-30(37(27-7-5-4-6-8-27)34-32(22)26-18-33-35(2)19-26)17-28(38)16-25-20-36(12-14-39-3)21-29(25)23-9-10-31-24(15-23)11-13-40-31/h4-11,13,15,18-19,25,29H,12,14,16-17,20-21H2,1-3H3/t25-,29?/m1/s1. The van der Waals surface area contributed by atoms with Crippen LogP contribution in [0.4, 0.5) is 0 Å². The Morgan fingerprint density at radius 1 is 1.12 bits per heavy atom. The van der Waals surface area contributed by atoms with Crippen LogP contribution in [0.1, 0.15) is 29.2 Å². The summed E-state index contributed by atoms with van der Waals surface area (Å²) >= 11 is 0. The Bertz CT molecular complexity index is 1620. The van der Waals surface area contributed by atoms with E-state index in [1.807, 2.05) is 66.6 Å². The van der Waals surface area contributed by atoms with E-state index in [-0.39, 0.29) is 17.6 Å². The van der Waals surface area contributed by atoms with E-state index in [1.165, 1.54) is 5.56 Å². The number of carbonyl (C=O) groups excluding carboxylic acids is 1. The molecule has 1 fully saturated rings. The zero-order valence-corrected chi connectivity index (χ0v) is 23.3. The first kappa shape index (κ1) is 26.2. The predicted molar refractivity (Wildman–Crippen MR) is 155 cm³/mol. The lowest BCUT2D eigenvalue weighted by Crippen LogP contribution is -2.25. The van der Waals surface area contributed by atoms with Crippen LogP contribution in [0.2, 0.25) is 0 Å². The summed E-state index contributed by atoms with van der Waals surface area (Å²) in [6.45, 7) is 5.39. The summed E-state index contributed by atoms with van der Waals surface area (Å²) in [7, 11) is 3.63. The number of aromatic nitrogens is 4. The van der Waals surface area contributed by atoms with E-state index in [9.17, 15) is 4.79 Å². The number of ether oxygens (including phenoxy) is 1. The fourth-order valence-corrected chi connectivity index (χ4v) is 6.05. The minimum atomic E-state index is 0.222. The zero-order valence-electron chi connectivity index (χ0n) is 23.3. The summed E-state index contributed by atoms with van der Waals surface area (Å²) in [5.41, 5.74) is 6.85. The molecule has 1 aliphatic rings. The highest BCUT2D eigenvalue weighted by Crippen LogP contribution is 2.37. The molecule has 1 saturated heterocycles. The van der Waals surface area contributed by atoms with Crippen LogP contribution in [0.5, 0.6) is 0 Å². The first-order chi connectivity index (χ1) is 19.5. The molecule has 0 amide bonds. The van der Waals surface area contributed by atoms with E-state index in [4.69, 9.17) is 14.3 Å². The summed E-state index contributed by atoms with van der Waals surface area (Å²) in [5, 5.41) is 10.4. The third-order valence-corrected chi connectivity index (χ3v) is 8.11. The normalized spacial score (nSPS) is 17.7. The molecule has 0 spiro atoms. The van der Waals surface area contributed by atoms with Gasteiger partial charge in [0.2, 0.25) is 0 Å². The molecule has 6 rings (SSSR count). The van der Waals surface area contributed by atoms with E-state index in [1.54, 1.807) is 18.1 Å². The molecule has 2 atom stereocenters. The molecule has 5 aromatic rings. The highest BCUT2D eigenvalue weighted by molar-refractivity contribution is 5.82. The first-order valence-corrected chi connectivity index (χ1v) is 13.8. The molecule has 1 aliphatic heterocycles. The van der Waals surface area contributed by atoms with Crippen molar-refractivity contribution < 1.29 is 13.9 Å². The second-order valence-electron chi connectivity index (χ2n) is 10.8. The van der Waals surface area contributed by atoms with Crippen molar-refractivity contribution in [3.8, 4) is 16.9 Å². The highest BCUT2D eigenvalue weighted by Gasteiger charge is 2.35. The van der Waals surface area contributed by atoms with Gasteiger partial charge in [-0.25, -0.2) is 4.68 Å². The molecule has 8 heteroatoms. The van der Waals surface area contributed by atoms with Gasteiger partial charge in [-0.2, -0.15) is 10.2 Å². The third-order valence-electron chi connectivity index (χ3n) is 8.11. The molecular weight excluding hydrogens is 502 g/mol. The molecule has 1 unspecified atom stereocenters. The molecule has 2 aromatic carbocycles. The number of carbonyl (C=O) groups is 1. The Hall–Kier alpha value is -4.01. The molecule has 4 heterocycles. The van der Waals surface area contributed by atoms with Crippen molar-refractivity contribution in [3.63, 3.8) is 0 Å². The summed E-state index contributed by atoms with van der Waals surface area (Å²) in [4.78, 5) is 16.2. The molecule has 206 valence electrons. The van der Waals surface area contributed by atoms with Crippen LogP contribution in [0, 0.1) is 12.8 Å². The van der Waals surface area contributed by atoms with Gasteiger partial charge in [-0.3, -0.25) is 9.48 Å². The highest BCUT2D eigenvalue weighted by atomic mass is 16.5. The Balaban J connectivity index is 1.28. The number of benzene rings is 2. The molecular formula is C32H35N5O3. The SMILES string of the molecule is COCCN1CC(c2ccc3occc3c2)[C@H](CC(=O)Cc2c(C)c(-c3cnn(C)c3)nn2-c2ccccc2)C1. The number of hydrogen-bond acceptors (Lipinski definition) is 6. The van der Waals surface area contributed by atoms with Crippen LogP contribution in [-0.4, -0.2) is 63.6 Å². The minimum Gasteiger partial charge on any atom is -0.464 e. The van der Waals surface area contributed by atoms with E-state index >= 15 is 0 Å². The number of furan rings is 1. The van der Waals surface area contributed by atoms with E-state index in [2.05, 4.69) is 29.1 Å². The Labute approximate surface area is 234 Å². The van der Waals surface area contributed by atoms with Crippen molar-refractivity contribution >= 4 is 16.8 Å². The Morgan fingerprint density at radius 3 is 2.75 bits per heavy atom. The zero-order chi connectivity index (χ0) is 27.6. The molecule has 40 heavy (non-hydrogen) atoms. The number of likely N-dealkylation sites (tertiary alicyclic amines) is 1. The topological polar surface area (TPSA) is 78.3 Å². The molecule has 8 nitrogen and oxygen atoms in total. The van der Waals surface area contributed by atoms with Crippen molar-refractivity contribution in [2.24, 2.45) is 13.0 Å². The van der Waals surface area contributed by atoms with Gasteiger partial charge in [-0.15, -0.1) is 0 Å². The Kier molecular flexibility index (Phi) is 7.36. The molecule has 0 N–H and O–H groups in total. The number of nitrogens with zero attached hydrogens (tertiary/aromatic N) is 5. The molecule has 0 bridgehead atoms. The average Bonchev–Trinajstić information content (AvgIpc) is 3.75. The van der Waals surface area contributed by atoms with Gasteiger partial charge in [0.15, 0.2) is 0 Å². The maximum atomic E-state index is 13.8. The van der Waals surface area contributed by atoms with Gasteiger partial charge in [0.25, 0.3) is 0 Å². The van der Waals surface area contributed by atoms with Crippen LogP contribution >= 0.6 is 0 Å². The van der Waals surface area contributed by atoms with Gasteiger partial charge in [-0.05, 0) is 54.3 Å².